The minimum absolute atomic E-state index is 0.148. The van der Waals surface area contributed by atoms with E-state index in [1.54, 1.807) is 48.5 Å². The molecule has 0 aliphatic heterocycles. The third-order valence-electron chi connectivity index (χ3n) is 2.73. The maximum Gasteiger partial charge on any atom is 0.217 e. The van der Waals surface area contributed by atoms with Gasteiger partial charge in [-0.25, -0.2) is 0 Å². The molecular weight excluding hydrogens is 264 g/mol. The van der Waals surface area contributed by atoms with Crippen molar-refractivity contribution in [2.45, 2.75) is 0 Å². The van der Waals surface area contributed by atoms with Crippen molar-refractivity contribution in [3.63, 3.8) is 0 Å². The van der Waals surface area contributed by atoms with Gasteiger partial charge in [-0.15, -0.1) is 0 Å². The van der Waals surface area contributed by atoms with E-state index in [0.717, 1.165) is 0 Å². The number of para-hydroxylation sites is 2. The first-order chi connectivity index (χ1) is 10.2. The number of hydrogen-bond donors (Lipinski definition) is 2. The highest BCUT2D eigenvalue weighted by atomic mass is 16.3. The lowest BCUT2D eigenvalue weighted by molar-refractivity contribution is 0.474. The zero-order chi connectivity index (χ0) is 15.1. The minimum atomic E-state index is 0.148. The summed E-state index contributed by atoms with van der Waals surface area (Å²) in [6.45, 7) is 3.64. The van der Waals surface area contributed by atoms with Crippen molar-refractivity contribution in [1.82, 2.24) is 0 Å². The molecule has 0 amide bonds. The molecule has 2 rings (SSSR count). The Morgan fingerprint density at radius 2 is 1.24 bits per heavy atom. The van der Waals surface area contributed by atoms with Crippen LogP contribution in [0.1, 0.15) is 11.1 Å². The van der Waals surface area contributed by atoms with E-state index in [9.17, 15) is 10.2 Å². The summed E-state index contributed by atoms with van der Waals surface area (Å²) < 4.78 is 0. The Balaban J connectivity index is 2.12. The highest BCUT2D eigenvalue weighted by molar-refractivity contribution is 5.85. The monoisotopic (exact) mass is 279 g/mol. The summed E-state index contributed by atoms with van der Waals surface area (Å²) in [7, 11) is 0. The topological polar surface area (TPSA) is 65.2 Å². The van der Waals surface area contributed by atoms with Crippen molar-refractivity contribution in [1.29, 1.82) is 0 Å². The summed E-state index contributed by atoms with van der Waals surface area (Å²) >= 11 is 0. The number of aromatic hydroxyl groups is 2. The average Bonchev–Trinajstić information content (AvgIpc) is 2.50. The van der Waals surface area contributed by atoms with E-state index >= 15 is 0 Å². The highest BCUT2D eigenvalue weighted by Crippen LogP contribution is 2.16. The predicted molar refractivity (Wildman–Crippen MR) is 84.8 cm³/mol. The first kappa shape index (κ1) is 14.5. The number of benzene rings is 2. The molecular formula is C17H15N2O2. The molecule has 0 aliphatic rings. The van der Waals surface area contributed by atoms with Crippen molar-refractivity contribution < 1.29 is 10.2 Å². The van der Waals surface area contributed by atoms with Gasteiger partial charge in [0.25, 0.3) is 0 Å². The van der Waals surface area contributed by atoms with Gasteiger partial charge >= 0.3 is 0 Å². The van der Waals surface area contributed by atoms with Crippen LogP contribution in [0.3, 0.4) is 0 Å². The first-order valence-electron chi connectivity index (χ1n) is 6.34. The van der Waals surface area contributed by atoms with Crippen LogP contribution in [0.5, 0.6) is 11.5 Å². The van der Waals surface area contributed by atoms with E-state index in [-0.39, 0.29) is 11.5 Å². The highest BCUT2D eigenvalue weighted by Gasteiger charge is 2.01. The second-order valence-corrected chi connectivity index (χ2v) is 4.20. The maximum atomic E-state index is 9.64. The zero-order valence-electron chi connectivity index (χ0n) is 11.3. The van der Waals surface area contributed by atoms with Crippen LogP contribution >= 0.6 is 0 Å². The Kier molecular flexibility index (Phi) is 4.88. The van der Waals surface area contributed by atoms with Crippen LogP contribution in [0.4, 0.5) is 0 Å². The summed E-state index contributed by atoms with van der Waals surface area (Å²) in [6, 6.07) is 13.7. The van der Waals surface area contributed by atoms with Crippen molar-refractivity contribution in [3.8, 4) is 11.5 Å². The summed E-state index contributed by atoms with van der Waals surface area (Å²) in [4.78, 5) is 8.30. The van der Waals surface area contributed by atoms with Gasteiger partial charge < -0.3 is 10.2 Å². The third kappa shape index (κ3) is 4.04. The number of aliphatic imine (C=N–C) groups is 2. The quantitative estimate of drug-likeness (QED) is 0.825. The van der Waals surface area contributed by atoms with Crippen LogP contribution in [0, 0.1) is 6.17 Å². The summed E-state index contributed by atoms with van der Waals surface area (Å²) in [6.07, 6.45) is 4.89. The van der Waals surface area contributed by atoms with Crippen molar-refractivity contribution in [3.05, 3.63) is 78.5 Å². The second kappa shape index (κ2) is 7.05. The predicted octanol–water partition coefficient (Wildman–Crippen LogP) is 3.31. The number of phenolic OH excluding ortho intramolecular Hbond substituents is 2. The van der Waals surface area contributed by atoms with Crippen molar-refractivity contribution in [2.24, 2.45) is 9.98 Å². The zero-order valence-corrected chi connectivity index (χ0v) is 11.3. The van der Waals surface area contributed by atoms with E-state index in [4.69, 9.17) is 0 Å². The lowest BCUT2D eigenvalue weighted by atomic mass is 10.2. The summed E-state index contributed by atoms with van der Waals surface area (Å²) in [5, 5.41) is 19.3. The molecule has 0 bridgehead atoms. The fourth-order valence-electron chi connectivity index (χ4n) is 1.60. The lowest BCUT2D eigenvalue weighted by Crippen LogP contribution is -1.90. The number of hydrogen-bond acceptors (Lipinski definition) is 4. The Bertz CT molecular complexity index is 622. The van der Waals surface area contributed by atoms with Crippen LogP contribution in [0.25, 0.3) is 0 Å². The molecule has 105 valence electrons. The minimum Gasteiger partial charge on any atom is -0.507 e. The van der Waals surface area contributed by atoms with Gasteiger partial charge in [0.1, 0.15) is 11.5 Å². The van der Waals surface area contributed by atoms with E-state index in [1.165, 1.54) is 18.5 Å². The van der Waals surface area contributed by atoms with E-state index in [1.807, 2.05) is 0 Å². The first-order valence-corrected chi connectivity index (χ1v) is 6.34. The number of nitrogens with zero attached hydrogens (tertiary/aromatic N) is 2. The average molecular weight is 279 g/mol. The van der Waals surface area contributed by atoms with Gasteiger partial charge in [0.2, 0.25) is 6.17 Å². The van der Waals surface area contributed by atoms with Gasteiger partial charge in [-0.2, -0.15) is 0 Å². The third-order valence-corrected chi connectivity index (χ3v) is 2.73. The largest absolute Gasteiger partial charge is 0.507 e. The molecule has 21 heavy (non-hydrogen) atoms. The number of phenols is 2. The molecule has 0 aromatic heterocycles. The summed E-state index contributed by atoms with van der Waals surface area (Å²) in [5.41, 5.74) is 1.18. The molecule has 2 aromatic carbocycles. The Labute approximate surface area is 123 Å². The molecule has 1 radical (unpaired) electrons. The van der Waals surface area contributed by atoms with E-state index in [0.29, 0.717) is 17.3 Å². The van der Waals surface area contributed by atoms with E-state index in [2.05, 4.69) is 16.6 Å². The molecule has 0 spiro atoms. The van der Waals surface area contributed by atoms with Crippen LogP contribution in [0.2, 0.25) is 0 Å². The maximum absolute atomic E-state index is 9.64. The molecule has 0 saturated carbocycles. The smallest absolute Gasteiger partial charge is 0.217 e. The van der Waals surface area contributed by atoms with Crippen LogP contribution in [0.15, 0.2) is 71.2 Å². The van der Waals surface area contributed by atoms with Gasteiger partial charge in [-0.1, -0.05) is 30.8 Å². The molecule has 2 aromatic rings. The van der Waals surface area contributed by atoms with E-state index < -0.39 is 0 Å². The van der Waals surface area contributed by atoms with Crippen LogP contribution in [-0.4, -0.2) is 22.6 Å². The molecule has 4 nitrogen and oxygen atoms in total. The molecule has 2 N–H and O–H groups in total. The fourth-order valence-corrected chi connectivity index (χ4v) is 1.60. The second-order valence-electron chi connectivity index (χ2n) is 4.20. The molecule has 0 aliphatic carbocycles. The molecule has 4 heteroatoms. The SMILES string of the molecule is C=C[C](N=Cc1ccccc1O)N=Cc1ccccc1O. The molecule has 0 heterocycles. The van der Waals surface area contributed by atoms with Gasteiger partial charge in [-0.05, 0) is 30.3 Å². The van der Waals surface area contributed by atoms with Gasteiger partial charge in [0.15, 0.2) is 0 Å². The van der Waals surface area contributed by atoms with Crippen LogP contribution in [-0.2, 0) is 0 Å². The number of rotatable bonds is 5. The Morgan fingerprint density at radius 3 is 1.62 bits per heavy atom. The molecule has 0 fully saturated rings. The van der Waals surface area contributed by atoms with Crippen molar-refractivity contribution in [2.75, 3.05) is 0 Å². The van der Waals surface area contributed by atoms with Gasteiger partial charge in [0, 0.05) is 23.6 Å². The molecule has 0 unspecified atom stereocenters. The lowest BCUT2D eigenvalue weighted by Gasteiger charge is -2.01. The molecule has 0 atom stereocenters. The Hall–Kier alpha value is -2.88. The standard InChI is InChI=1S/C17H15N2O2/c1-2-17(18-11-13-7-3-5-9-15(13)20)19-12-14-8-4-6-10-16(14)21/h2-12,20-21H,1H2. The Morgan fingerprint density at radius 1 is 0.810 bits per heavy atom. The fraction of sp³-hybridized carbons (Fsp3) is 0. The molecule has 0 saturated heterocycles. The summed E-state index contributed by atoms with van der Waals surface area (Å²) in [5.74, 6) is 0.295. The van der Waals surface area contributed by atoms with Gasteiger partial charge in [0.05, 0.1) is 0 Å². The van der Waals surface area contributed by atoms with Crippen molar-refractivity contribution >= 4 is 12.4 Å². The normalized spacial score (nSPS) is 11.5. The van der Waals surface area contributed by atoms with Crippen LogP contribution < -0.4 is 0 Å². The van der Waals surface area contributed by atoms with Gasteiger partial charge in [-0.3, -0.25) is 9.98 Å².